The summed E-state index contributed by atoms with van der Waals surface area (Å²) in [7, 11) is 0. The third-order valence-corrected chi connectivity index (χ3v) is 6.98. The van der Waals surface area contributed by atoms with Gasteiger partial charge in [-0.3, -0.25) is 4.98 Å². The molecular weight excluding hydrogens is 449 g/mol. The van der Waals surface area contributed by atoms with Crippen LogP contribution >= 0.6 is 0 Å². The third kappa shape index (κ3) is 5.87. The lowest BCUT2D eigenvalue weighted by Crippen LogP contribution is -2.36. The largest absolute Gasteiger partial charge is 0.490 e. The van der Waals surface area contributed by atoms with E-state index < -0.39 is 12.1 Å². The van der Waals surface area contributed by atoms with Crippen molar-refractivity contribution < 1.29 is 32.6 Å². The number of fused-ring (bicyclic) bond motifs is 3. The van der Waals surface area contributed by atoms with Crippen molar-refractivity contribution in [2.45, 2.75) is 65.2 Å². The number of ether oxygens (including phenoxy) is 1. The molecule has 0 saturated heterocycles. The third-order valence-electron chi connectivity index (χ3n) is 6.98. The number of nitrogens with zero attached hydrogens (tertiary/aromatic N) is 1. The Morgan fingerprint density at radius 2 is 1.91 bits per heavy atom. The second-order valence-electron chi connectivity index (χ2n) is 9.11. The number of hydrogen-bond acceptors (Lipinski definition) is 5. The average Bonchev–Trinajstić information content (AvgIpc) is 3.41. The number of benzene rings is 1. The van der Waals surface area contributed by atoms with Crippen LogP contribution in [0.2, 0.25) is 0 Å². The molecule has 186 valence electrons. The Hall–Kier alpha value is -2.68. The second kappa shape index (κ2) is 10.7. The molecule has 2 aliphatic rings. The van der Waals surface area contributed by atoms with Crippen molar-refractivity contribution in [1.82, 2.24) is 10.3 Å². The van der Waals surface area contributed by atoms with Crippen molar-refractivity contribution in [3.63, 3.8) is 0 Å². The minimum atomic E-state index is -5.08. The highest BCUT2D eigenvalue weighted by molar-refractivity contribution is 5.98. The summed E-state index contributed by atoms with van der Waals surface area (Å²) in [5.41, 5.74) is 3.33. The fraction of sp³-hybridized carbons (Fsp3) is 0.560. The Balaban J connectivity index is 0.000000406. The molecular formula is C25H31F3N2O4. The number of aryl methyl sites for hydroxylation is 1. The summed E-state index contributed by atoms with van der Waals surface area (Å²) in [5.74, 6) is -0.435. The smallest absolute Gasteiger partial charge is 0.475 e. The maximum atomic E-state index is 12.6. The summed E-state index contributed by atoms with van der Waals surface area (Å²) in [6.07, 6.45) is 0.501. The quantitative estimate of drug-likeness (QED) is 0.548. The van der Waals surface area contributed by atoms with Gasteiger partial charge in [-0.05, 0) is 69.4 Å². The molecule has 0 amide bonds. The van der Waals surface area contributed by atoms with E-state index in [1.54, 1.807) is 0 Å². The van der Waals surface area contributed by atoms with Crippen LogP contribution in [0.25, 0.3) is 10.9 Å². The molecule has 0 radical (unpaired) electrons. The summed E-state index contributed by atoms with van der Waals surface area (Å²) in [4.78, 5) is 26.4. The van der Waals surface area contributed by atoms with Crippen LogP contribution in [-0.4, -0.2) is 40.9 Å². The molecule has 6 nitrogen and oxygen atoms in total. The van der Waals surface area contributed by atoms with Gasteiger partial charge < -0.3 is 15.2 Å². The van der Waals surface area contributed by atoms with Crippen LogP contribution in [0.4, 0.5) is 13.2 Å². The van der Waals surface area contributed by atoms with E-state index in [-0.39, 0.29) is 5.97 Å². The van der Waals surface area contributed by atoms with Crippen LogP contribution in [0, 0.1) is 24.7 Å². The molecule has 2 aliphatic carbocycles. The lowest BCUT2D eigenvalue weighted by atomic mass is 9.84. The number of aliphatic carboxylic acids is 1. The highest BCUT2D eigenvalue weighted by Gasteiger charge is 2.41. The maximum absolute atomic E-state index is 12.6. The van der Waals surface area contributed by atoms with E-state index in [0.717, 1.165) is 39.9 Å². The van der Waals surface area contributed by atoms with Crippen LogP contribution in [0.3, 0.4) is 0 Å². The lowest BCUT2D eigenvalue weighted by Gasteiger charge is -2.29. The van der Waals surface area contributed by atoms with E-state index in [2.05, 4.69) is 12.2 Å². The number of carboxylic acid groups (broad SMARTS) is 1. The van der Waals surface area contributed by atoms with Crippen molar-refractivity contribution in [2.75, 3.05) is 6.61 Å². The highest BCUT2D eigenvalue weighted by atomic mass is 19.4. The first kappa shape index (κ1) is 25.9. The fourth-order valence-electron chi connectivity index (χ4n) is 5.36. The van der Waals surface area contributed by atoms with Crippen molar-refractivity contribution in [1.29, 1.82) is 0 Å². The highest BCUT2D eigenvalue weighted by Crippen LogP contribution is 2.49. The lowest BCUT2D eigenvalue weighted by molar-refractivity contribution is -0.192. The molecule has 1 aromatic carbocycles. The number of para-hydroxylation sites is 1. The van der Waals surface area contributed by atoms with Crippen LogP contribution in [0.15, 0.2) is 24.3 Å². The molecule has 9 heteroatoms. The molecule has 2 fully saturated rings. The maximum Gasteiger partial charge on any atom is 0.490 e. The van der Waals surface area contributed by atoms with Gasteiger partial charge in [0.05, 0.1) is 23.4 Å². The van der Waals surface area contributed by atoms with E-state index in [0.29, 0.717) is 24.8 Å². The molecule has 2 aromatic rings. The van der Waals surface area contributed by atoms with Gasteiger partial charge >= 0.3 is 18.1 Å². The Labute approximate surface area is 196 Å². The molecule has 1 aromatic heterocycles. The van der Waals surface area contributed by atoms with Crippen LogP contribution in [0.1, 0.15) is 61.1 Å². The number of carbonyl (C=O) groups is 2. The van der Waals surface area contributed by atoms with E-state index in [4.69, 9.17) is 19.6 Å². The molecule has 4 rings (SSSR count). The van der Waals surface area contributed by atoms with Gasteiger partial charge in [0.15, 0.2) is 0 Å². The fourth-order valence-corrected chi connectivity index (χ4v) is 5.36. The van der Waals surface area contributed by atoms with Crippen molar-refractivity contribution >= 4 is 22.8 Å². The summed E-state index contributed by atoms with van der Waals surface area (Å²) < 4.78 is 37.1. The van der Waals surface area contributed by atoms with Crippen LogP contribution in [-0.2, 0) is 16.1 Å². The zero-order valence-electron chi connectivity index (χ0n) is 19.6. The molecule has 2 saturated carbocycles. The topological polar surface area (TPSA) is 88.5 Å². The minimum absolute atomic E-state index is 0.266. The monoisotopic (exact) mass is 480 g/mol. The molecule has 0 aliphatic heterocycles. The number of rotatable bonds is 6. The SMILES string of the molecule is CCOC(=O)c1c(CNC(C)C2CC3CCC2C3)nc2ccccc2c1C.O=C(O)C(F)(F)F. The molecule has 2 bridgehead atoms. The first-order chi connectivity index (χ1) is 16.0. The van der Waals surface area contributed by atoms with E-state index >= 15 is 0 Å². The first-order valence-corrected chi connectivity index (χ1v) is 11.6. The Morgan fingerprint density at radius 3 is 2.47 bits per heavy atom. The van der Waals surface area contributed by atoms with Gasteiger partial charge in [0.25, 0.3) is 0 Å². The van der Waals surface area contributed by atoms with Crippen LogP contribution < -0.4 is 5.32 Å². The zero-order valence-corrected chi connectivity index (χ0v) is 19.6. The van der Waals surface area contributed by atoms with Gasteiger partial charge in [-0.2, -0.15) is 13.2 Å². The van der Waals surface area contributed by atoms with E-state index in [9.17, 15) is 18.0 Å². The summed E-state index contributed by atoms with van der Waals surface area (Å²) in [6.45, 7) is 7.12. The number of esters is 1. The molecule has 34 heavy (non-hydrogen) atoms. The molecule has 2 N–H and O–H groups in total. The second-order valence-corrected chi connectivity index (χ2v) is 9.11. The minimum Gasteiger partial charge on any atom is -0.475 e. The van der Waals surface area contributed by atoms with Crippen molar-refractivity contribution in [2.24, 2.45) is 17.8 Å². The predicted molar refractivity (Wildman–Crippen MR) is 121 cm³/mol. The number of pyridine rings is 1. The molecule has 4 unspecified atom stereocenters. The van der Waals surface area contributed by atoms with E-state index in [1.807, 2.05) is 38.1 Å². The Kier molecular flexibility index (Phi) is 8.17. The van der Waals surface area contributed by atoms with Crippen molar-refractivity contribution in [3.8, 4) is 0 Å². The normalized spacial score (nSPS) is 22.2. The average molecular weight is 481 g/mol. The standard InChI is InChI=1S/C23H30N2O2.C2HF3O2/c1-4-27-23(26)22-14(2)18-7-5-6-8-20(18)25-21(22)13-24-15(3)19-12-16-9-10-17(19)11-16;3-2(4,5)1(6)7/h5-8,15-17,19,24H,4,9-13H2,1-3H3;(H,6,7). The number of nitrogens with one attached hydrogen (secondary N) is 1. The summed E-state index contributed by atoms with van der Waals surface area (Å²) in [6, 6.07) is 8.47. The van der Waals surface area contributed by atoms with E-state index in [1.165, 1.54) is 25.7 Å². The number of aromatic nitrogens is 1. The number of halogens is 3. The molecule has 1 heterocycles. The predicted octanol–water partition coefficient (Wildman–Crippen LogP) is 5.27. The van der Waals surface area contributed by atoms with Gasteiger partial charge in [-0.15, -0.1) is 0 Å². The van der Waals surface area contributed by atoms with Crippen LogP contribution in [0.5, 0.6) is 0 Å². The van der Waals surface area contributed by atoms with Gasteiger partial charge in [-0.1, -0.05) is 24.6 Å². The summed E-state index contributed by atoms with van der Waals surface area (Å²) in [5, 5.41) is 11.8. The number of carbonyl (C=O) groups excluding carboxylic acids is 1. The van der Waals surface area contributed by atoms with Gasteiger partial charge in [0.2, 0.25) is 0 Å². The molecule has 4 atom stereocenters. The number of alkyl halides is 3. The Morgan fingerprint density at radius 1 is 1.24 bits per heavy atom. The van der Waals surface area contributed by atoms with Crippen molar-refractivity contribution in [3.05, 3.63) is 41.1 Å². The van der Waals surface area contributed by atoms with Gasteiger partial charge in [0, 0.05) is 18.0 Å². The van der Waals surface area contributed by atoms with Gasteiger partial charge in [-0.25, -0.2) is 9.59 Å². The van der Waals surface area contributed by atoms with Gasteiger partial charge in [0.1, 0.15) is 0 Å². The zero-order chi connectivity index (χ0) is 25.0. The molecule has 0 spiro atoms. The first-order valence-electron chi connectivity index (χ1n) is 11.6. The Bertz CT molecular complexity index is 1040. The number of hydrogen-bond donors (Lipinski definition) is 2. The summed E-state index contributed by atoms with van der Waals surface area (Å²) >= 11 is 0. The number of carboxylic acids is 1.